The Bertz CT molecular complexity index is 439. The number of nitrogens with one attached hydrogen (secondary N) is 1. The number of nitrogens with zero attached hydrogens (tertiary/aromatic N) is 3. The third-order valence-electron chi connectivity index (χ3n) is 4.61. The topological polar surface area (TPSA) is 74.4 Å². The third kappa shape index (κ3) is 4.02. The van der Waals surface area contributed by atoms with Crippen LogP contribution < -0.4 is 5.32 Å². The fourth-order valence-electron chi connectivity index (χ4n) is 2.92. The predicted molar refractivity (Wildman–Crippen MR) is 78.9 cm³/mol. The fraction of sp³-hybridized carbons (Fsp3) is 0.867. The molecule has 0 amide bonds. The Morgan fingerprint density at radius 3 is 2.76 bits per heavy atom. The molecule has 6 heteroatoms. The molecule has 2 aliphatic rings. The van der Waals surface area contributed by atoms with Crippen LogP contribution in [0.15, 0.2) is 4.52 Å². The van der Waals surface area contributed by atoms with Crippen molar-refractivity contribution >= 4 is 0 Å². The zero-order valence-electron chi connectivity index (χ0n) is 12.8. The summed E-state index contributed by atoms with van der Waals surface area (Å²) in [7, 11) is 0. The first kappa shape index (κ1) is 14.9. The van der Waals surface area contributed by atoms with Gasteiger partial charge < -0.3 is 19.8 Å². The highest BCUT2D eigenvalue weighted by Gasteiger charge is 2.29. The molecule has 1 aliphatic carbocycles. The molecule has 118 valence electrons. The van der Waals surface area contributed by atoms with Crippen LogP contribution in [-0.4, -0.2) is 52.9 Å². The normalized spacial score (nSPS) is 22.6. The molecule has 0 unspecified atom stereocenters. The minimum atomic E-state index is 0.125. The SMILES string of the molecule is C[C@@H](NCC1CCN(CCO)CC1)c1nc(C2CC2)no1. The molecular weight excluding hydrogens is 268 g/mol. The zero-order valence-corrected chi connectivity index (χ0v) is 12.8. The molecule has 0 aromatic carbocycles. The molecule has 6 nitrogen and oxygen atoms in total. The standard InChI is InChI=1S/C15H26N4O2/c1-11(15-17-14(18-21-15)13-2-3-13)16-10-12-4-6-19(7-5-12)8-9-20/h11-13,16,20H,2-10H2,1H3/t11-/m1/s1. The molecule has 2 heterocycles. The zero-order chi connectivity index (χ0) is 14.7. The highest BCUT2D eigenvalue weighted by atomic mass is 16.5. The van der Waals surface area contributed by atoms with Gasteiger partial charge in [0.25, 0.3) is 0 Å². The molecule has 21 heavy (non-hydrogen) atoms. The van der Waals surface area contributed by atoms with Gasteiger partial charge in [-0.25, -0.2) is 0 Å². The summed E-state index contributed by atoms with van der Waals surface area (Å²) in [5.41, 5.74) is 0. The molecule has 0 spiro atoms. The molecule has 1 saturated heterocycles. The van der Waals surface area contributed by atoms with Gasteiger partial charge in [-0.3, -0.25) is 0 Å². The second-order valence-corrected chi connectivity index (χ2v) is 6.40. The molecule has 3 rings (SSSR count). The Balaban J connectivity index is 1.40. The molecule has 1 aromatic heterocycles. The van der Waals surface area contributed by atoms with Crippen LogP contribution in [0.25, 0.3) is 0 Å². The number of rotatable bonds is 7. The van der Waals surface area contributed by atoms with E-state index < -0.39 is 0 Å². The molecule has 1 aromatic rings. The minimum absolute atomic E-state index is 0.125. The van der Waals surface area contributed by atoms with Crippen LogP contribution in [0.2, 0.25) is 0 Å². The van der Waals surface area contributed by atoms with Crippen LogP contribution in [-0.2, 0) is 0 Å². The van der Waals surface area contributed by atoms with Crippen molar-refractivity contribution in [3.05, 3.63) is 11.7 Å². The number of aliphatic hydroxyl groups is 1. The lowest BCUT2D eigenvalue weighted by Gasteiger charge is -2.31. The van der Waals surface area contributed by atoms with Gasteiger partial charge in [0.1, 0.15) is 0 Å². The Kier molecular flexibility index (Phi) is 4.87. The summed E-state index contributed by atoms with van der Waals surface area (Å²) in [6.07, 6.45) is 4.79. The maximum Gasteiger partial charge on any atom is 0.243 e. The number of piperidine rings is 1. The van der Waals surface area contributed by atoms with Gasteiger partial charge in [-0.05, 0) is 58.2 Å². The van der Waals surface area contributed by atoms with E-state index in [1.807, 2.05) is 0 Å². The van der Waals surface area contributed by atoms with E-state index in [4.69, 9.17) is 9.63 Å². The van der Waals surface area contributed by atoms with Gasteiger partial charge in [-0.2, -0.15) is 4.98 Å². The van der Waals surface area contributed by atoms with E-state index in [-0.39, 0.29) is 12.6 Å². The van der Waals surface area contributed by atoms with Crippen molar-refractivity contribution in [1.82, 2.24) is 20.4 Å². The first-order valence-corrected chi connectivity index (χ1v) is 8.16. The van der Waals surface area contributed by atoms with Gasteiger partial charge in [-0.15, -0.1) is 0 Å². The van der Waals surface area contributed by atoms with Crippen LogP contribution in [0.4, 0.5) is 0 Å². The minimum Gasteiger partial charge on any atom is -0.395 e. The molecule has 1 atom stereocenters. The predicted octanol–water partition coefficient (Wildman–Crippen LogP) is 1.30. The largest absolute Gasteiger partial charge is 0.395 e. The van der Waals surface area contributed by atoms with E-state index in [1.165, 1.54) is 25.7 Å². The number of aliphatic hydroxyl groups excluding tert-OH is 1. The lowest BCUT2D eigenvalue weighted by molar-refractivity contribution is 0.145. The van der Waals surface area contributed by atoms with Gasteiger partial charge in [-0.1, -0.05) is 5.16 Å². The molecular formula is C15H26N4O2. The van der Waals surface area contributed by atoms with Gasteiger partial charge in [0.2, 0.25) is 5.89 Å². The summed E-state index contributed by atoms with van der Waals surface area (Å²) in [5, 5.41) is 16.5. The van der Waals surface area contributed by atoms with Crippen LogP contribution in [0, 0.1) is 5.92 Å². The summed E-state index contributed by atoms with van der Waals surface area (Å²) < 4.78 is 5.36. The molecule has 1 aliphatic heterocycles. The number of hydrogen-bond acceptors (Lipinski definition) is 6. The number of aromatic nitrogens is 2. The summed E-state index contributed by atoms with van der Waals surface area (Å²) >= 11 is 0. The second-order valence-electron chi connectivity index (χ2n) is 6.40. The highest BCUT2D eigenvalue weighted by Crippen LogP contribution is 2.38. The van der Waals surface area contributed by atoms with E-state index in [9.17, 15) is 0 Å². The lowest BCUT2D eigenvalue weighted by Crippen LogP contribution is -2.39. The number of hydrogen-bond donors (Lipinski definition) is 2. The van der Waals surface area contributed by atoms with Gasteiger partial charge in [0.05, 0.1) is 12.6 Å². The molecule has 2 N–H and O–H groups in total. The summed E-state index contributed by atoms with van der Waals surface area (Å²) in [6, 6.07) is 0.125. The monoisotopic (exact) mass is 294 g/mol. The van der Waals surface area contributed by atoms with Crippen LogP contribution in [0.3, 0.4) is 0 Å². The van der Waals surface area contributed by atoms with E-state index in [0.29, 0.717) is 11.8 Å². The summed E-state index contributed by atoms with van der Waals surface area (Å²) in [6.45, 7) is 6.34. The Morgan fingerprint density at radius 1 is 1.33 bits per heavy atom. The van der Waals surface area contributed by atoms with Crippen molar-refractivity contribution in [2.24, 2.45) is 5.92 Å². The van der Waals surface area contributed by atoms with Gasteiger partial charge in [0, 0.05) is 12.5 Å². The van der Waals surface area contributed by atoms with Crippen LogP contribution in [0.5, 0.6) is 0 Å². The van der Waals surface area contributed by atoms with E-state index >= 15 is 0 Å². The Morgan fingerprint density at radius 2 is 2.10 bits per heavy atom. The molecule has 2 fully saturated rings. The van der Waals surface area contributed by atoms with Crippen molar-refractivity contribution < 1.29 is 9.63 Å². The summed E-state index contributed by atoms with van der Waals surface area (Å²) in [5.74, 6) is 2.85. The quantitative estimate of drug-likeness (QED) is 0.789. The van der Waals surface area contributed by atoms with Gasteiger partial charge >= 0.3 is 0 Å². The van der Waals surface area contributed by atoms with E-state index in [2.05, 4.69) is 27.3 Å². The maximum atomic E-state index is 8.95. The average molecular weight is 294 g/mol. The fourth-order valence-corrected chi connectivity index (χ4v) is 2.92. The smallest absolute Gasteiger partial charge is 0.243 e. The maximum absolute atomic E-state index is 8.95. The van der Waals surface area contributed by atoms with E-state index in [1.54, 1.807) is 0 Å². The van der Waals surface area contributed by atoms with Crippen molar-refractivity contribution in [1.29, 1.82) is 0 Å². The van der Waals surface area contributed by atoms with Crippen molar-refractivity contribution in [2.75, 3.05) is 32.8 Å². The number of likely N-dealkylation sites (tertiary alicyclic amines) is 1. The number of β-amino-alcohol motifs (C(OH)–C–C–N with tert-alkyl or cyclic N) is 1. The first-order chi connectivity index (χ1) is 10.3. The lowest BCUT2D eigenvalue weighted by atomic mass is 9.96. The van der Waals surface area contributed by atoms with E-state index in [0.717, 1.165) is 37.9 Å². The first-order valence-electron chi connectivity index (χ1n) is 8.16. The molecule has 0 bridgehead atoms. The second kappa shape index (κ2) is 6.85. The van der Waals surface area contributed by atoms with Gasteiger partial charge in [0.15, 0.2) is 5.82 Å². The Hall–Kier alpha value is -0.980. The van der Waals surface area contributed by atoms with Crippen molar-refractivity contribution in [3.63, 3.8) is 0 Å². The molecule has 1 saturated carbocycles. The van der Waals surface area contributed by atoms with Crippen molar-refractivity contribution in [3.8, 4) is 0 Å². The Labute approximate surface area is 125 Å². The highest BCUT2D eigenvalue weighted by molar-refractivity contribution is 5.04. The molecule has 0 radical (unpaired) electrons. The average Bonchev–Trinajstić information content (AvgIpc) is 3.24. The third-order valence-corrected chi connectivity index (χ3v) is 4.61. The summed E-state index contributed by atoms with van der Waals surface area (Å²) in [4.78, 5) is 6.83. The van der Waals surface area contributed by atoms with Crippen molar-refractivity contribution in [2.45, 2.75) is 44.6 Å². The van der Waals surface area contributed by atoms with Crippen LogP contribution >= 0.6 is 0 Å². The van der Waals surface area contributed by atoms with Crippen LogP contribution in [0.1, 0.15) is 56.3 Å².